The number of hydrogen-bond acceptors (Lipinski definition) is 10. The van der Waals surface area contributed by atoms with Crippen LogP contribution in [0, 0.1) is 0 Å². The van der Waals surface area contributed by atoms with Crippen LogP contribution >= 0.6 is 0 Å². The van der Waals surface area contributed by atoms with Crippen LogP contribution < -0.4 is 10.6 Å². The minimum absolute atomic E-state index is 0.122. The number of carbonyl (C=O) groups excluding carboxylic acids is 1. The van der Waals surface area contributed by atoms with Gasteiger partial charge in [0.05, 0.1) is 24.9 Å². The number of aliphatic hydroxyl groups is 5. The summed E-state index contributed by atoms with van der Waals surface area (Å²) in [6, 6.07) is 8.10. The van der Waals surface area contributed by atoms with Crippen molar-refractivity contribution in [3.05, 3.63) is 30.3 Å². The molecule has 2 rings (SSSR count). The molecule has 398 valence electrons. The highest BCUT2D eigenvalue weighted by atomic mass is 16.7. The van der Waals surface area contributed by atoms with E-state index in [2.05, 4.69) is 24.5 Å². The molecule has 1 fully saturated rings. The maximum absolute atomic E-state index is 12.4. The topological polar surface area (TPSA) is 170 Å². The van der Waals surface area contributed by atoms with Gasteiger partial charge in [-0.1, -0.05) is 257 Å². The Kier molecular flexibility index (Phi) is 40.2. The van der Waals surface area contributed by atoms with Crippen LogP contribution in [0.4, 0.5) is 10.5 Å². The van der Waals surface area contributed by atoms with E-state index < -0.39 is 61.7 Å². The first kappa shape index (κ1) is 62.3. The lowest BCUT2D eigenvalue weighted by molar-refractivity contribution is -0.302. The Morgan fingerprint density at radius 2 is 0.941 bits per heavy atom. The van der Waals surface area contributed by atoms with Gasteiger partial charge in [0.25, 0.3) is 0 Å². The highest BCUT2D eigenvalue weighted by Gasteiger charge is 2.45. The fourth-order valence-corrected chi connectivity index (χ4v) is 9.51. The zero-order chi connectivity index (χ0) is 49.1. The van der Waals surface area contributed by atoms with Crippen molar-refractivity contribution in [3.8, 4) is 0 Å². The molecule has 0 bridgehead atoms. The number of hydrogen-bond donors (Lipinski definition) is 7. The molecule has 0 saturated carbocycles. The Morgan fingerprint density at radius 1 is 0.544 bits per heavy atom. The first-order chi connectivity index (χ1) is 33.3. The minimum atomic E-state index is -1.62. The number of unbranched alkanes of at least 4 members (excludes halogenated alkanes) is 34. The van der Waals surface area contributed by atoms with Crippen molar-refractivity contribution in [2.45, 2.75) is 300 Å². The normalized spacial score (nSPS) is 19.8. The second-order valence-corrected chi connectivity index (χ2v) is 20.4. The van der Waals surface area contributed by atoms with Crippen molar-refractivity contribution in [1.82, 2.24) is 5.32 Å². The van der Waals surface area contributed by atoms with Crippen molar-refractivity contribution in [3.63, 3.8) is 0 Å². The quantitative estimate of drug-likeness (QED) is 0.0312. The number of para-hydroxylation sites is 1. The number of anilines is 1. The Hall–Kier alpha value is -1.83. The number of aliphatic hydroxyl groups excluding tert-OH is 5. The van der Waals surface area contributed by atoms with Gasteiger partial charge in [-0.25, -0.2) is 4.79 Å². The fourth-order valence-electron chi connectivity index (χ4n) is 9.51. The van der Waals surface area contributed by atoms with Crippen molar-refractivity contribution in [2.75, 3.05) is 25.1 Å². The van der Waals surface area contributed by atoms with E-state index in [0.717, 1.165) is 38.5 Å². The third kappa shape index (κ3) is 32.2. The van der Waals surface area contributed by atoms with E-state index in [0.29, 0.717) is 18.7 Å². The molecule has 8 atom stereocenters. The smallest absolute Gasteiger partial charge is 0.411 e. The first-order valence-corrected chi connectivity index (χ1v) is 28.7. The van der Waals surface area contributed by atoms with Crippen LogP contribution in [-0.4, -0.2) is 100 Å². The number of benzene rings is 1. The molecule has 11 nitrogen and oxygen atoms in total. The van der Waals surface area contributed by atoms with Gasteiger partial charge in [-0.3, -0.25) is 5.32 Å². The van der Waals surface area contributed by atoms with Gasteiger partial charge in [-0.15, -0.1) is 0 Å². The summed E-state index contributed by atoms with van der Waals surface area (Å²) in [5, 5.41) is 60.6. The molecule has 1 aromatic carbocycles. The Labute approximate surface area is 416 Å². The SMILES string of the molecule is CCCCCCCCCCCCCCCCCCCCCCCCCCN[C@@H](CO[C@H]1O[C@H](COC(=O)Nc2ccccc2)[C@H](O)[C@H](O)[C@H]1O)[C@H](O)[C@H](O)CCCCCCCCCCCCCC. The summed E-state index contributed by atoms with van der Waals surface area (Å²) in [5.74, 6) is 0. The van der Waals surface area contributed by atoms with Gasteiger partial charge >= 0.3 is 6.09 Å². The van der Waals surface area contributed by atoms with Gasteiger partial charge in [0.15, 0.2) is 6.29 Å². The van der Waals surface area contributed by atoms with Gasteiger partial charge in [0.2, 0.25) is 0 Å². The fraction of sp³-hybridized carbons (Fsp3) is 0.877. The van der Waals surface area contributed by atoms with Crippen molar-refractivity contribution < 1.29 is 44.5 Å². The molecule has 7 N–H and O–H groups in total. The molecule has 1 saturated heterocycles. The molecule has 11 heteroatoms. The molecule has 0 spiro atoms. The second kappa shape index (κ2) is 43.9. The molecular weight excluding hydrogens is 857 g/mol. The van der Waals surface area contributed by atoms with Gasteiger partial charge < -0.3 is 45.1 Å². The van der Waals surface area contributed by atoms with Gasteiger partial charge in [-0.05, 0) is 31.5 Å². The third-order valence-corrected chi connectivity index (χ3v) is 14.1. The Morgan fingerprint density at radius 3 is 1.37 bits per heavy atom. The van der Waals surface area contributed by atoms with Crippen molar-refractivity contribution in [1.29, 1.82) is 0 Å². The predicted molar refractivity (Wildman–Crippen MR) is 280 cm³/mol. The Balaban J connectivity index is 1.67. The van der Waals surface area contributed by atoms with Gasteiger partial charge in [-0.2, -0.15) is 0 Å². The largest absolute Gasteiger partial charge is 0.446 e. The summed E-state index contributed by atoms with van der Waals surface area (Å²) in [5.41, 5.74) is 0.531. The van der Waals surface area contributed by atoms with Crippen molar-refractivity contribution >= 4 is 11.8 Å². The lowest BCUT2D eigenvalue weighted by Gasteiger charge is -2.40. The third-order valence-electron chi connectivity index (χ3n) is 14.1. The summed E-state index contributed by atoms with van der Waals surface area (Å²) in [6.07, 6.45) is 37.1. The lowest BCUT2D eigenvalue weighted by atomic mass is 9.98. The van der Waals surface area contributed by atoms with Crippen LogP contribution in [0.5, 0.6) is 0 Å². The summed E-state index contributed by atoms with van der Waals surface area (Å²) in [7, 11) is 0. The number of nitrogens with one attached hydrogen (secondary N) is 2. The number of carbonyl (C=O) groups is 1. The van der Waals surface area contributed by atoms with Crippen LogP contribution in [0.15, 0.2) is 30.3 Å². The Bertz CT molecular complexity index is 1250. The zero-order valence-corrected chi connectivity index (χ0v) is 43.7. The predicted octanol–water partition coefficient (Wildman–Crippen LogP) is 13.2. The van der Waals surface area contributed by atoms with Crippen LogP contribution in [0.2, 0.25) is 0 Å². The summed E-state index contributed by atoms with van der Waals surface area (Å²) >= 11 is 0. The maximum atomic E-state index is 12.4. The molecule has 1 heterocycles. The zero-order valence-electron chi connectivity index (χ0n) is 43.7. The van der Waals surface area contributed by atoms with Crippen molar-refractivity contribution in [2.24, 2.45) is 0 Å². The first-order valence-electron chi connectivity index (χ1n) is 28.7. The molecule has 0 aromatic heterocycles. The monoisotopic (exact) mass is 963 g/mol. The molecule has 0 unspecified atom stereocenters. The maximum Gasteiger partial charge on any atom is 0.411 e. The lowest BCUT2D eigenvalue weighted by Crippen LogP contribution is -2.60. The average Bonchev–Trinajstić information content (AvgIpc) is 3.34. The second-order valence-electron chi connectivity index (χ2n) is 20.4. The molecule has 1 aliphatic heterocycles. The van der Waals surface area contributed by atoms with E-state index in [-0.39, 0.29) is 6.61 Å². The van der Waals surface area contributed by atoms with Gasteiger partial charge in [0, 0.05) is 5.69 Å². The van der Waals surface area contributed by atoms with Gasteiger partial charge in [0.1, 0.15) is 31.0 Å². The number of amides is 1. The van der Waals surface area contributed by atoms with E-state index in [4.69, 9.17) is 14.2 Å². The molecule has 1 amide bonds. The molecular formula is C57H106N2O9. The van der Waals surface area contributed by atoms with E-state index in [1.807, 2.05) is 6.07 Å². The highest BCUT2D eigenvalue weighted by Crippen LogP contribution is 2.24. The average molecular weight is 963 g/mol. The van der Waals surface area contributed by atoms with E-state index >= 15 is 0 Å². The van der Waals surface area contributed by atoms with Crippen LogP contribution in [-0.2, 0) is 14.2 Å². The van der Waals surface area contributed by atoms with Crippen LogP contribution in [0.25, 0.3) is 0 Å². The van der Waals surface area contributed by atoms with E-state index in [9.17, 15) is 30.3 Å². The molecule has 0 radical (unpaired) electrons. The molecule has 1 aromatic rings. The summed E-state index contributed by atoms with van der Waals surface area (Å²) in [4.78, 5) is 12.4. The standard InChI is InChI=1S/C57H106N2O9/c1-3-5-7-9-11-13-15-17-18-19-20-21-22-23-24-25-26-27-28-30-32-34-36-41-45-58-49(52(61)50(60)44-40-35-33-31-29-16-14-12-10-8-6-4-2)46-66-56-55(64)54(63)53(62)51(68-56)47-67-57(65)59-48-42-38-37-39-43-48/h37-39,42-43,49-56,58,60-64H,3-36,40-41,44-47H2,1-2H3,(H,59,65)/t49-,50+,51+,52-,53-,54-,55+,56-/m0/s1. The summed E-state index contributed by atoms with van der Waals surface area (Å²) < 4.78 is 17.1. The molecule has 0 aliphatic carbocycles. The van der Waals surface area contributed by atoms with E-state index in [1.165, 1.54) is 193 Å². The number of rotatable bonds is 47. The van der Waals surface area contributed by atoms with Crippen LogP contribution in [0.3, 0.4) is 0 Å². The van der Waals surface area contributed by atoms with Crippen LogP contribution in [0.1, 0.15) is 251 Å². The minimum Gasteiger partial charge on any atom is -0.446 e. The molecule has 68 heavy (non-hydrogen) atoms. The van der Waals surface area contributed by atoms with E-state index in [1.54, 1.807) is 24.3 Å². The number of ether oxygens (including phenoxy) is 3. The molecule has 1 aliphatic rings. The summed E-state index contributed by atoms with van der Waals surface area (Å²) in [6.45, 7) is 4.64. The highest BCUT2D eigenvalue weighted by molar-refractivity contribution is 5.84.